The second-order valence-corrected chi connectivity index (χ2v) is 11.6. The van der Waals surface area contributed by atoms with Crippen molar-refractivity contribution in [2.24, 2.45) is 5.92 Å². The molecule has 0 unspecified atom stereocenters. The van der Waals surface area contributed by atoms with E-state index in [0.717, 1.165) is 68.1 Å². The molecule has 0 aromatic heterocycles. The number of amides is 1. The lowest BCUT2D eigenvalue weighted by atomic mass is 9.70. The first-order valence-electron chi connectivity index (χ1n) is 13.7. The summed E-state index contributed by atoms with van der Waals surface area (Å²) >= 11 is 6.36. The lowest BCUT2D eigenvalue weighted by Gasteiger charge is -2.41. The summed E-state index contributed by atoms with van der Waals surface area (Å²) in [6.45, 7) is 4.41. The molecule has 2 aromatic rings. The Hall–Kier alpha value is -2.99. The molecule has 38 heavy (non-hydrogen) atoms. The number of hydrogen-bond donors (Lipinski definition) is 1. The van der Waals surface area contributed by atoms with Gasteiger partial charge in [0.15, 0.2) is 0 Å². The zero-order chi connectivity index (χ0) is 26.9. The number of anilines is 1. The highest BCUT2D eigenvalue weighted by atomic mass is 35.5. The minimum Gasteiger partial charge on any atom is -0.490 e. The van der Waals surface area contributed by atoms with E-state index in [9.17, 15) is 14.7 Å². The first-order chi connectivity index (χ1) is 18.3. The van der Waals surface area contributed by atoms with E-state index in [1.807, 2.05) is 30.3 Å². The van der Waals surface area contributed by atoms with Crippen molar-refractivity contribution in [2.75, 3.05) is 38.2 Å². The Morgan fingerprint density at radius 1 is 1.13 bits per heavy atom. The maximum atomic E-state index is 13.2. The van der Waals surface area contributed by atoms with Crippen molar-refractivity contribution in [1.82, 2.24) is 4.90 Å². The molecule has 0 radical (unpaired) electrons. The number of aryl methyl sites for hydroxylation is 1. The topological polar surface area (TPSA) is 70.1 Å². The Bertz CT molecular complexity index is 1240. The van der Waals surface area contributed by atoms with Crippen molar-refractivity contribution in [3.05, 3.63) is 70.3 Å². The summed E-state index contributed by atoms with van der Waals surface area (Å²) in [5, 5.41) is 11.0. The molecule has 2 heterocycles. The van der Waals surface area contributed by atoms with Gasteiger partial charge in [0.05, 0.1) is 24.1 Å². The number of nitrogens with zero attached hydrogens (tertiary/aromatic N) is 2. The zero-order valence-corrected chi connectivity index (χ0v) is 23.0. The van der Waals surface area contributed by atoms with Crippen LogP contribution in [0.25, 0.3) is 0 Å². The highest BCUT2D eigenvalue weighted by molar-refractivity contribution is 6.30. The average molecular weight is 537 g/mol. The molecule has 0 saturated carbocycles. The van der Waals surface area contributed by atoms with Gasteiger partial charge in [-0.1, -0.05) is 42.8 Å². The molecule has 1 N–H and O–H groups in total. The fourth-order valence-electron chi connectivity index (χ4n) is 6.50. The average Bonchev–Trinajstić information content (AvgIpc) is 3.04. The molecule has 202 valence electrons. The predicted octanol–water partition coefficient (Wildman–Crippen LogP) is 5.82. The molecule has 0 fully saturated rings. The summed E-state index contributed by atoms with van der Waals surface area (Å²) in [6, 6.07) is 11.9. The molecule has 2 bridgehead atoms. The van der Waals surface area contributed by atoms with Gasteiger partial charge in [-0.25, -0.2) is 0 Å². The Balaban J connectivity index is 1.58. The van der Waals surface area contributed by atoms with E-state index in [2.05, 4.69) is 23.1 Å². The van der Waals surface area contributed by atoms with Crippen LogP contribution in [0.15, 0.2) is 48.6 Å². The highest BCUT2D eigenvalue weighted by Gasteiger charge is 2.42. The number of rotatable bonds is 1. The molecule has 2 aliphatic heterocycles. The smallest absolute Gasteiger partial charge is 0.311 e. The fourth-order valence-corrected chi connectivity index (χ4v) is 6.70. The van der Waals surface area contributed by atoms with E-state index in [-0.39, 0.29) is 11.3 Å². The van der Waals surface area contributed by atoms with Crippen LogP contribution in [0.5, 0.6) is 5.75 Å². The largest absolute Gasteiger partial charge is 0.490 e. The van der Waals surface area contributed by atoms with E-state index < -0.39 is 17.8 Å². The number of likely N-dealkylation sites (N-methyl/N-ethyl adjacent to an activating group) is 1. The van der Waals surface area contributed by atoms with Crippen LogP contribution in [0.1, 0.15) is 61.6 Å². The van der Waals surface area contributed by atoms with Gasteiger partial charge in [-0.05, 0) is 79.5 Å². The number of carbonyl (C=O) groups excluding carboxylic acids is 1. The first kappa shape index (κ1) is 26.6. The van der Waals surface area contributed by atoms with Gasteiger partial charge in [-0.3, -0.25) is 9.59 Å². The third-order valence-corrected chi connectivity index (χ3v) is 8.78. The van der Waals surface area contributed by atoms with Crippen LogP contribution in [-0.2, 0) is 21.4 Å². The Morgan fingerprint density at radius 2 is 1.97 bits per heavy atom. The number of ether oxygens (including phenoxy) is 1. The normalized spacial score (nSPS) is 27.0. The predicted molar refractivity (Wildman–Crippen MR) is 150 cm³/mol. The molecule has 1 amide bonds. The van der Waals surface area contributed by atoms with Gasteiger partial charge in [0.1, 0.15) is 5.75 Å². The molecule has 7 heteroatoms. The summed E-state index contributed by atoms with van der Waals surface area (Å²) in [5.74, 6) is -2.03. The summed E-state index contributed by atoms with van der Waals surface area (Å²) in [5.41, 5.74) is 4.00. The molecule has 2 aromatic carbocycles. The number of aliphatic carboxylic acids is 1. The Morgan fingerprint density at radius 3 is 2.79 bits per heavy atom. The van der Waals surface area contributed by atoms with E-state index in [1.54, 1.807) is 18.9 Å². The SMILES string of the molecule is C[C@H]1C(=O)N(C)C/C=C\CCCCN2C[C@@]3(CCCc4cc(Cl)ccc43)COc3ccc(cc32)[C@@H]1C(=O)O. The summed E-state index contributed by atoms with van der Waals surface area (Å²) < 4.78 is 6.53. The molecule has 3 atom stereocenters. The zero-order valence-electron chi connectivity index (χ0n) is 22.3. The number of carboxylic acids is 1. The van der Waals surface area contributed by atoms with Gasteiger partial charge in [0.2, 0.25) is 5.91 Å². The van der Waals surface area contributed by atoms with Gasteiger partial charge in [0, 0.05) is 37.1 Å². The van der Waals surface area contributed by atoms with Crippen molar-refractivity contribution in [3.63, 3.8) is 0 Å². The fraction of sp³-hybridized carbons (Fsp3) is 0.484. The third kappa shape index (κ3) is 5.15. The van der Waals surface area contributed by atoms with Crippen LogP contribution in [0.2, 0.25) is 5.02 Å². The van der Waals surface area contributed by atoms with Crippen molar-refractivity contribution >= 4 is 29.2 Å². The number of carbonyl (C=O) groups is 2. The maximum Gasteiger partial charge on any atom is 0.311 e. The van der Waals surface area contributed by atoms with E-state index in [1.165, 1.54) is 11.1 Å². The third-order valence-electron chi connectivity index (χ3n) is 8.55. The van der Waals surface area contributed by atoms with E-state index in [0.29, 0.717) is 18.7 Å². The molecule has 1 spiro atoms. The van der Waals surface area contributed by atoms with Crippen LogP contribution in [0, 0.1) is 5.92 Å². The maximum absolute atomic E-state index is 13.2. The van der Waals surface area contributed by atoms with Gasteiger partial charge >= 0.3 is 5.97 Å². The summed E-state index contributed by atoms with van der Waals surface area (Å²) in [6.07, 6.45) is 10.2. The number of allylic oxidation sites excluding steroid dienone is 1. The van der Waals surface area contributed by atoms with E-state index >= 15 is 0 Å². The van der Waals surface area contributed by atoms with Crippen molar-refractivity contribution in [2.45, 2.75) is 56.8 Å². The van der Waals surface area contributed by atoms with Crippen LogP contribution in [-0.4, -0.2) is 55.2 Å². The Kier molecular flexibility index (Phi) is 7.71. The molecule has 3 aliphatic rings. The standard InChI is InChI=1S/C31H37ClN2O4/c1-21-28(30(36)37)23-10-13-27-26(18-23)34(16-7-5-3-4-6-15-33(2)29(21)35)19-31(20-38-27)14-8-9-22-17-24(32)11-12-25(22)31/h4,6,10-13,17-18,21,28H,3,5,7-9,14-16,19-20H2,1-2H3,(H,36,37)/b6-4-/t21-,28-,31+/m1/s1. The molecular formula is C31H37ClN2O4. The summed E-state index contributed by atoms with van der Waals surface area (Å²) in [4.78, 5) is 29.7. The number of halogens is 1. The van der Waals surface area contributed by atoms with Crippen LogP contribution >= 0.6 is 11.6 Å². The van der Waals surface area contributed by atoms with Gasteiger partial charge < -0.3 is 19.6 Å². The quantitative estimate of drug-likeness (QED) is 0.465. The molecule has 0 saturated heterocycles. The van der Waals surface area contributed by atoms with Crippen molar-refractivity contribution in [3.8, 4) is 5.75 Å². The van der Waals surface area contributed by atoms with Crippen molar-refractivity contribution in [1.29, 1.82) is 0 Å². The second kappa shape index (κ2) is 11.0. The van der Waals surface area contributed by atoms with Crippen LogP contribution in [0.3, 0.4) is 0 Å². The monoisotopic (exact) mass is 536 g/mol. The second-order valence-electron chi connectivity index (χ2n) is 11.2. The van der Waals surface area contributed by atoms with Crippen LogP contribution < -0.4 is 9.64 Å². The van der Waals surface area contributed by atoms with Crippen molar-refractivity contribution < 1.29 is 19.4 Å². The van der Waals surface area contributed by atoms with Gasteiger partial charge in [-0.2, -0.15) is 0 Å². The molecule has 1 aliphatic carbocycles. The molecule has 6 nitrogen and oxygen atoms in total. The Labute approximate surface area is 230 Å². The lowest BCUT2D eigenvalue weighted by molar-refractivity contribution is -0.145. The van der Waals surface area contributed by atoms with Gasteiger partial charge in [-0.15, -0.1) is 0 Å². The van der Waals surface area contributed by atoms with E-state index in [4.69, 9.17) is 16.3 Å². The number of carboxylic acid groups (broad SMARTS) is 1. The van der Waals surface area contributed by atoms with Crippen LogP contribution in [0.4, 0.5) is 5.69 Å². The minimum atomic E-state index is -0.991. The molecular weight excluding hydrogens is 500 g/mol. The molecule has 5 rings (SSSR count). The number of hydrogen-bond acceptors (Lipinski definition) is 4. The summed E-state index contributed by atoms with van der Waals surface area (Å²) in [7, 11) is 1.74. The first-order valence-corrected chi connectivity index (χ1v) is 14.1. The highest BCUT2D eigenvalue weighted by Crippen LogP contribution is 2.45. The lowest BCUT2D eigenvalue weighted by Crippen LogP contribution is -2.46. The number of benzene rings is 2. The minimum absolute atomic E-state index is 0.168. The number of fused-ring (bicyclic) bond motifs is 3. The van der Waals surface area contributed by atoms with Gasteiger partial charge in [0.25, 0.3) is 0 Å².